The van der Waals surface area contributed by atoms with Gasteiger partial charge in [0.2, 0.25) is 0 Å². The maximum absolute atomic E-state index is 12.9. The lowest BCUT2D eigenvalue weighted by Crippen LogP contribution is -2.34. The number of nitrogens with zero attached hydrogens (tertiary/aromatic N) is 1. The summed E-state index contributed by atoms with van der Waals surface area (Å²) in [7, 11) is -2.22. The third kappa shape index (κ3) is 7.05. The number of sulfonamides is 1. The van der Waals surface area contributed by atoms with Crippen molar-refractivity contribution in [1.29, 1.82) is 0 Å². The molecule has 0 heterocycles. The van der Waals surface area contributed by atoms with Gasteiger partial charge in [0.1, 0.15) is 5.75 Å². The minimum Gasteiger partial charge on any atom is -0.490 e. The molecule has 0 aliphatic carbocycles. The van der Waals surface area contributed by atoms with Crippen molar-refractivity contribution in [2.45, 2.75) is 44.1 Å². The second-order valence-corrected chi connectivity index (χ2v) is 10.7. The Labute approximate surface area is 218 Å². The Bertz CT molecular complexity index is 1280. The number of unbranched alkanes of at least 4 members (excludes halogenated alkanes) is 1. The number of ether oxygens (including phenoxy) is 1. The van der Waals surface area contributed by atoms with Crippen molar-refractivity contribution in [3.63, 3.8) is 0 Å². The summed E-state index contributed by atoms with van der Waals surface area (Å²) in [6, 6.07) is 22.0. The van der Waals surface area contributed by atoms with Gasteiger partial charge in [0.05, 0.1) is 22.3 Å². The number of hydrogen-bond donors (Lipinski definition) is 2. The van der Waals surface area contributed by atoms with Gasteiger partial charge in [-0.2, -0.15) is 0 Å². The molecule has 0 aliphatic heterocycles. The van der Waals surface area contributed by atoms with Gasteiger partial charge in [0, 0.05) is 12.7 Å². The highest BCUT2D eigenvalue weighted by molar-refractivity contribution is 7.92. The van der Waals surface area contributed by atoms with Crippen molar-refractivity contribution in [2.75, 3.05) is 16.7 Å². The molecule has 3 rings (SSSR count). The zero-order chi connectivity index (χ0) is 26.1. The first-order chi connectivity index (χ1) is 17.2. The van der Waals surface area contributed by atoms with Crippen LogP contribution in [0.4, 0.5) is 11.4 Å². The minimum absolute atomic E-state index is 0.0142. The molecule has 3 aromatic rings. The predicted octanol–water partition coefficient (Wildman–Crippen LogP) is 5.60. The molecule has 0 fully saturated rings. The molecule has 0 aromatic heterocycles. The van der Waals surface area contributed by atoms with Crippen LogP contribution in [0, 0.1) is 0 Å². The summed E-state index contributed by atoms with van der Waals surface area (Å²) in [6.07, 6.45) is 3.01. The number of carbonyl (C=O) groups is 1. The Morgan fingerprint density at radius 2 is 1.64 bits per heavy atom. The van der Waals surface area contributed by atoms with Crippen molar-refractivity contribution in [1.82, 2.24) is 5.32 Å². The van der Waals surface area contributed by atoms with Gasteiger partial charge in [-0.3, -0.25) is 14.4 Å². The van der Waals surface area contributed by atoms with Crippen molar-refractivity contribution < 1.29 is 17.9 Å². The molecule has 0 aliphatic rings. The number of benzene rings is 3. The van der Waals surface area contributed by atoms with Crippen molar-refractivity contribution in [2.24, 2.45) is 0 Å². The van der Waals surface area contributed by atoms with E-state index in [1.807, 2.05) is 19.1 Å². The van der Waals surface area contributed by atoms with Crippen LogP contribution in [0.15, 0.2) is 83.8 Å². The number of carbonyl (C=O) groups excluding carboxylic acids is 1. The zero-order valence-electron chi connectivity index (χ0n) is 20.6. The molecule has 1 amide bonds. The van der Waals surface area contributed by atoms with Crippen LogP contribution >= 0.6 is 12.2 Å². The maximum Gasteiger partial charge on any atom is 0.264 e. The summed E-state index contributed by atoms with van der Waals surface area (Å²) in [4.78, 5) is 13.0. The van der Waals surface area contributed by atoms with Crippen LogP contribution in [0.25, 0.3) is 0 Å². The molecular formula is C27H31N3O4S2. The maximum atomic E-state index is 12.9. The fourth-order valence-electron chi connectivity index (χ4n) is 3.50. The number of anilines is 2. The molecule has 1 atom stereocenters. The van der Waals surface area contributed by atoms with Gasteiger partial charge in [0.15, 0.2) is 5.11 Å². The lowest BCUT2D eigenvalue weighted by molar-refractivity contribution is 0.0970. The van der Waals surface area contributed by atoms with E-state index in [0.29, 0.717) is 22.7 Å². The highest BCUT2D eigenvalue weighted by Crippen LogP contribution is 2.23. The minimum atomic E-state index is -3.72. The van der Waals surface area contributed by atoms with Gasteiger partial charge < -0.3 is 10.1 Å². The second kappa shape index (κ2) is 12.5. The monoisotopic (exact) mass is 525 g/mol. The molecule has 3 aromatic carbocycles. The van der Waals surface area contributed by atoms with E-state index in [1.54, 1.807) is 54.6 Å². The molecule has 190 valence electrons. The standard InChI is InChI=1S/C27H31N3O4S2/c1-4-5-11-20(2)34-25-15-10-9-14-24(25)26(31)29-27(35)28-21-16-18-23(19-17-21)36(32,33)30(3)22-12-7-6-8-13-22/h6-10,12-20H,4-5,11H2,1-3H3,(H2,28,29,31,35). The highest BCUT2D eigenvalue weighted by atomic mass is 32.2. The molecule has 0 spiro atoms. The number of rotatable bonds is 10. The number of para-hydroxylation sites is 2. The van der Waals surface area contributed by atoms with Crippen LogP contribution in [0.3, 0.4) is 0 Å². The van der Waals surface area contributed by atoms with Gasteiger partial charge in [0.25, 0.3) is 15.9 Å². The summed E-state index contributed by atoms with van der Waals surface area (Å²) in [6.45, 7) is 4.11. The first kappa shape index (κ1) is 27.2. The Morgan fingerprint density at radius 3 is 2.31 bits per heavy atom. The molecule has 0 saturated heterocycles. The largest absolute Gasteiger partial charge is 0.490 e. The Balaban J connectivity index is 1.63. The van der Waals surface area contributed by atoms with E-state index in [0.717, 1.165) is 19.3 Å². The van der Waals surface area contributed by atoms with Crippen LogP contribution in [0.5, 0.6) is 5.75 Å². The lowest BCUT2D eigenvalue weighted by Gasteiger charge is -2.19. The van der Waals surface area contributed by atoms with Crippen LogP contribution in [-0.4, -0.2) is 32.6 Å². The van der Waals surface area contributed by atoms with E-state index in [2.05, 4.69) is 17.6 Å². The molecule has 0 saturated carbocycles. The summed E-state index contributed by atoms with van der Waals surface area (Å²) in [5.74, 6) is 0.105. The summed E-state index contributed by atoms with van der Waals surface area (Å²) >= 11 is 5.30. The third-order valence-electron chi connectivity index (χ3n) is 5.54. The van der Waals surface area contributed by atoms with Gasteiger partial charge in [-0.05, 0) is 74.1 Å². The Hall–Kier alpha value is -3.43. The quantitative estimate of drug-likeness (QED) is 0.335. The molecular weight excluding hydrogens is 494 g/mol. The highest BCUT2D eigenvalue weighted by Gasteiger charge is 2.21. The van der Waals surface area contributed by atoms with Crippen LogP contribution in [0.2, 0.25) is 0 Å². The second-order valence-electron chi connectivity index (χ2n) is 8.31. The molecule has 7 nitrogen and oxygen atoms in total. The predicted molar refractivity (Wildman–Crippen MR) is 148 cm³/mol. The topological polar surface area (TPSA) is 87.7 Å². The van der Waals surface area contributed by atoms with E-state index in [9.17, 15) is 13.2 Å². The zero-order valence-corrected chi connectivity index (χ0v) is 22.2. The smallest absolute Gasteiger partial charge is 0.264 e. The van der Waals surface area contributed by atoms with Gasteiger partial charge in [-0.15, -0.1) is 0 Å². The van der Waals surface area contributed by atoms with Crippen LogP contribution in [-0.2, 0) is 10.0 Å². The fourth-order valence-corrected chi connectivity index (χ4v) is 4.91. The summed E-state index contributed by atoms with van der Waals surface area (Å²) < 4.78 is 33.1. The van der Waals surface area contributed by atoms with Crippen molar-refractivity contribution in [3.05, 3.63) is 84.4 Å². The number of hydrogen-bond acceptors (Lipinski definition) is 5. The molecule has 2 N–H and O–H groups in total. The normalized spacial score (nSPS) is 11.9. The van der Waals surface area contributed by atoms with E-state index >= 15 is 0 Å². The summed E-state index contributed by atoms with van der Waals surface area (Å²) in [5.41, 5.74) is 1.49. The Kier molecular flexibility index (Phi) is 9.44. The molecule has 0 radical (unpaired) electrons. The van der Waals surface area contributed by atoms with Gasteiger partial charge >= 0.3 is 0 Å². The average Bonchev–Trinajstić information content (AvgIpc) is 2.88. The number of amides is 1. The van der Waals surface area contributed by atoms with Crippen molar-refractivity contribution >= 4 is 44.6 Å². The van der Waals surface area contributed by atoms with E-state index in [-0.39, 0.29) is 16.1 Å². The number of thiocarbonyl (C=S) groups is 1. The summed E-state index contributed by atoms with van der Waals surface area (Å²) in [5, 5.41) is 5.67. The fraction of sp³-hybridized carbons (Fsp3) is 0.259. The van der Waals surface area contributed by atoms with Crippen molar-refractivity contribution in [3.8, 4) is 5.75 Å². The first-order valence-electron chi connectivity index (χ1n) is 11.7. The first-order valence-corrected chi connectivity index (χ1v) is 13.6. The average molecular weight is 526 g/mol. The molecule has 0 bridgehead atoms. The molecule has 9 heteroatoms. The van der Waals surface area contributed by atoms with E-state index < -0.39 is 15.9 Å². The SMILES string of the molecule is CCCCC(C)Oc1ccccc1C(=O)NC(=S)Nc1ccc(S(=O)(=O)N(C)c2ccccc2)cc1. The van der Waals surface area contributed by atoms with Gasteiger partial charge in [-0.25, -0.2) is 8.42 Å². The Morgan fingerprint density at radius 1 is 1.00 bits per heavy atom. The third-order valence-corrected chi connectivity index (χ3v) is 7.55. The van der Waals surface area contributed by atoms with Crippen LogP contribution in [0.1, 0.15) is 43.5 Å². The van der Waals surface area contributed by atoms with Crippen LogP contribution < -0.4 is 19.7 Å². The van der Waals surface area contributed by atoms with Gasteiger partial charge in [-0.1, -0.05) is 50.1 Å². The van der Waals surface area contributed by atoms with E-state index in [1.165, 1.54) is 23.5 Å². The number of nitrogens with one attached hydrogen (secondary N) is 2. The van der Waals surface area contributed by atoms with E-state index in [4.69, 9.17) is 17.0 Å². The molecule has 1 unspecified atom stereocenters. The lowest BCUT2D eigenvalue weighted by atomic mass is 10.1. The molecule has 36 heavy (non-hydrogen) atoms.